The van der Waals surface area contributed by atoms with Gasteiger partial charge in [-0.05, 0) is 34.1 Å². The maximum absolute atomic E-state index is 11.0. The van der Waals surface area contributed by atoms with Crippen LogP contribution in [0.2, 0.25) is 10.0 Å². The van der Waals surface area contributed by atoms with Gasteiger partial charge in [0.15, 0.2) is 5.03 Å². The Morgan fingerprint density at radius 1 is 1.26 bits per heavy atom. The topological polar surface area (TPSA) is 56.0 Å². The molecule has 1 aromatic heterocycles. The summed E-state index contributed by atoms with van der Waals surface area (Å²) >= 11 is 16.0. The Morgan fingerprint density at radius 2 is 2.00 bits per heavy atom. The first-order valence-corrected chi connectivity index (χ1v) is 7.27. The van der Waals surface area contributed by atoms with E-state index in [2.05, 4.69) is 20.9 Å². The molecule has 8 heteroatoms. The number of rotatable bonds is 3. The van der Waals surface area contributed by atoms with Crippen molar-refractivity contribution in [1.29, 1.82) is 0 Å². The summed E-state index contributed by atoms with van der Waals surface area (Å²) in [5, 5.41) is 12.1. The fraction of sp³-hybridized carbons (Fsp3) is 0. The molecule has 0 saturated heterocycles. The molecule has 0 saturated carbocycles. The minimum absolute atomic E-state index is 0.0644. The van der Waals surface area contributed by atoms with Crippen LogP contribution in [-0.2, 0) is 0 Å². The highest BCUT2D eigenvalue weighted by Crippen LogP contribution is 2.36. The molecule has 2 aromatic rings. The molecular weight excluding hydrogens is 375 g/mol. The van der Waals surface area contributed by atoms with Crippen molar-refractivity contribution in [1.82, 2.24) is 4.98 Å². The van der Waals surface area contributed by atoms with Gasteiger partial charge in [0.1, 0.15) is 0 Å². The van der Waals surface area contributed by atoms with E-state index in [1.54, 1.807) is 18.2 Å². The monoisotopic (exact) mass is 378 g/mol. The van der Waals surface area contributed by atoms with Gasteiger partial charge >= 0.3 is 5.69 Å². The van der Waals surface area contributed by atoms with Gasteiger partial charge in [0.2, 0.25) is 0 Å². The van der Waals surface area contributed by atoms with Crippen molar-refractivity contribution in [3.8, 4) is 0 Å². The van der Waals surface area contributed by atoms with Gasteiger partial charge in [-0.25, -0.2) is 4.98 Å². The summed E-state index contributed by atoms with van der Waals surface area (Å²) in [6, 6.07) is 6.41. The first-order chi connectivity index (χ1) is 8.97. The summed E-state index contributed by atoms with van der Waals surface area (Å²) < 4.78 is 0.553. The van der Waals surface area contributed by atoms with Crippen LogP contribution in [0.25, 0.3) is 0 Å². The molecule has 0 bridgehead atoms. The Labute approximate surface area is 131 Å². The van der Waals surface area contributed by atoms with Gasteiger partial charge in [0.25, 0.3) is 0 Å². The quantitative estimate of drug-likeness (QED) is 0.542. The second-order valence-electron chi connectivity index (χ2n) is 3.41. The Morgan fingerprint density at radius 3 is 2.63 bits per heavy atom. The number of benzene rings is 1. The summed E-state index contributed by atoms with van der Waals surface area (Å²) in [6.45, 7) is 0. The lowest BCUT2D eigenvalue weighted by Gasteiger charge is -2.04. The third-order valence-electron chi connectivity index (χ3n) is 2.10. The number of halogens is 3. The molecule has 0 spiro atoms. The maximum atomic E-state index is 11.0. The number of nitro groups is 1. The Balaban J connectivity index is 2.37. The Kier molecular flexibility index (Phi) is 4.67. The van der Waals surface area contributed by atoms with E-state index in [-0.39, 0.29) is 5.69 Å². The smallest absolute Gasteiger partial charge is 0.258 e. The van der Waals surface area contributed by atoms with E-state index in [4.69, 9.17) is 23.2 Å². The lowest BCUT2D eigenvalue weighted by Crippen LogP contribution is -1.93. The molecule has 0 fully saturated rings. The van der Waals surface area contributed by atoms with E-state index in [1.165, 1.54) is 12.3 Å². The van der Waals surface area contributed by atoms with Crippen LogP contribution in [0.4, 0.5) is 5.69 Å². The van der Waals surface area contributed by atoms with Crippen molar-refractivity contribution in [2.75, 3.05) is 0 Å². The minimum atomic E-state index is -0.475. The fourth-order valence-corrected chi connectivity index (χ4v) is 2.84. The SMILES string of the molecule is O=[N+]([O-])c1cc(Br)cnc1Sc1ccc(Cl)c(Cl)c1. The maximum Gasteiger partial charge on any atom is 0.302 e. The largest absolute Gasteiger partial charge is 0.302 e. The zero-order valence-electron chi connectivity index (χ0n) is 9.14. The summed E-state index contributed by atoms with van der Waals surface area (Å²) in [7, 11) is 0. The molecule has 0 amide bonds. The highest BCUT2D eigenvalue weighted by molar-refractivity contribution is 9.10. The Bertz CT molecular complexity index is 655. The van der Waals surface area contributed by atoms with Crippen molar-refractivity contribution < 1.29 is 4.92 Å². The molecule has 1 heterocycles. The van der Waals surface area contributed by atoms with E-state index < -0.39 is 4.92 Å². The number of hydrogen-bond acceptors (Lipinski definition) is 4. The number of hydrogen-bond donors (Lipinski definition) is 0. The molecule has 0 atom stereocenters. The molecular formula is C11H5BrCl2N2O2S. The van der Waals surface area contributed by atoms with E-state index in [9.17, 15) is 10.1 Å². The van der Waals surface area contributed by atoms with Gasteiger partial charge < -0.3 is 0 Å². The number of aromatic nitrogens is 1. The minimum Gasteiger partial charge on any atom is -0.258 e. The summed E-state index contributed by atoms with van der Waals surface area (Å²) in [6.07, 6.45) is 1.51. The van der Waals surface area contributed by atoms with Crippen LogP contribution < -0.4 is 0 Å². The van der Waals surface area contributed by atoms with Gasteiger partial charge in [0.05, 0.1) is 15.0 Å². The van der Waals surface area contributed by atoms with Crippen molar-refractivity contribution in [3.63, 3.8) is 0 Å². The third kappa shape index (κ3) is 3.60. The lowest BCUT2D eigenvalue weighted by atomic mass is 10.4. The molecule has 0 aliphatic carbocycles. The van der Waals surface area contributed by atoms with Gasteiger partial charge in [-0.1, -0.05) is 35.0 Å². The molecule has 2 rings (SSSR count). The fourth-order valence-electron chi connectivity index (χ4n) is 1.28. The molecule has 0 radical (unpaired) electrons. The van der Waals surface area contributed by atoms with Crippen molar-refractivity contribution in [3.05, 3.63) is 55.1 Å². The predicted molar refractivity (Wildman–Crippen MR) is 79.2 cm³/mol. The van der Waals surface area contributed by atoms with Crippen LogP contribution >= 0.6 is 50.9 Å². The molecule has 0 N–H and O–H groups in total. The van der Waals surface area contributed by atoms with Crippen molar-refractivity contribution >= 4 is 56.6 Å². The van der Waals surface area contributed by atoms with Crippen molar-refractivity contribution in [2.45, 2.75) is 9.92 Å². The van der Waals surface area contributed by atoms with Gasteiger partial charge in [-0.15, -0.1) is 0 Å². The molecule has 0 aliphatic heterocycles. The van der Waals surface area contributed by atoms with Gasteiger partial charge in [0, 0.05) is 21.6 Å². The lowest BCUT2D eigenvalue weighted by molar-refractivity contribution is -0.388. The third-order valence-corrected chi connectivity index (χ3v) is 4.27. The number of nitrogens with zero attached hydrogens (tertiary/aromatic N) is 2. The standard InChI is InChI=1S/C11H5BrCl2N2O2S/c12-6-3-10(16(17)18)11(15-5-6)19-7-1-2-8(13)9(14)4-7/h1-5H. The zero-order valence-corrected chi connectivity index (χ0v) is 13.1. The van der Waals surface area contributed by atoms with Crippen LogP contribution in [0, 0.1) is 10.1 Å². The van der Waals surface area contributed by atoms with E-state index >= 15 is 0 Å². The second-order valence-corrected chi connectivity index (χ2v) is 6.21. The zero-order chi connectivity index (χ0) is 14.0. The summed E-state index contributed by atoms with van der Waals surface area (Å²) in [5.74, 6) is 0. The highest BCUT2D eigenvalue weighted by Gasteiger charge is 2.17. The molecule has 4 nitrogen and oxygen atoms in total. The molecule has 0 aliphatic rings. The first-order valence-electron chi connectivity index (χ1n) is 4.90. The van der Waals surface area contributed by atoms with E-state index in [1.807, 2.05) is 0 Å². The van der Waals surface area contributed by atoms with Crippen molar-refractivity contribution in [2.24, 2.45) is 0 Å². The van der Waals surface area contributed by atoms with Gasteiger partial charge in [-0.3, -0.25) is 10.1 Å². The highest BCUT2D eigenvalue weighted by atomic mass is 79.9. The summed E-state index contributed by atoms with van der Waals surface area (Å²) in [4.78, 5) is 15.3. The normalized spacial score (nSPS) is 10.5. The van der Waals surface area contributed by atoms with Crippen LogP contribution in [0.15, 0.2) is 44.9 Å². The molecule has 98 valence electrons. The Hall–Kier alpha value is -0.820. The van der Waals surface area contributed by atoms with Crippen LogP contribution in [0.1, 0.15) is 0 Å². The second kappa shape index (κ2) is 6.09. The molecule has 19 heavy (non-hydrogen) atoms. The van der Waals surface area contributed by atoms with Gasteiger partial charge in [-0.2, -0.15) is 0 Å². The molecule has 1 aromatic carbocycles. The first kappa shape index (κ1) is 14.6. The van der Waals surface area contributed by atoms with E-state index in [0.29, 0.717) is 19.5 Å². The summed E-state index contributed by atoms with van der Waals surface area (Å²) in [5.41, 5.74) is -0.0644. The average Bonchev–Trinajstić information content (AvgIpc) is 2.36. The van der Waals surface area contributed by atoms with Crippen LogP contribution in [0.3, 0.4) is 0 Å². The predicted octanol–water partition coefficient (Wildman–Crippen LogP) is 5.21. The molecule has 0 unspecified atom stereocenters. The van der Waals surface area contributed by atoms with Crippen LogP contribution in [0.5, 0.6) is 0 Å². The average molecular weight is 380 g/mol. The van der Waals surface area contributed by atoms with Crippen LogP contribution in [-0.4, -0.2) is 9.91 Å². The van der Waals surface area contributed by atoms with E-state index in [0.717, 1.165) is 16.7 Å². The number of pyridine rings is 1.